The molecule has 32 heavy (non-hydrogen) atoms. The molecule has 2 amide bonds. The van der Waals surface area contributed by atoms with Crippen LogP contribution in [0.25, 0.3) is 5.69 Å². The largest absolute Gasteiger partial charge is 0.333 e. The number of hydrogen-bond donors (Lipinski definition) is 1. The summed E-state index contributed by atoms with van der Waals surface area (Å²) in [6, 6.07) is 7.72. The molecular formula is C25H36ClN5O. The molecule has 1 aromatic heterocycles. The van der Waals surface area contributed by atoms with Crippen LogP contribution in [0.4, 0.5) is 4.79 Å². The number of carbonyl (C=O) groups excluding carboxylic acids is 1. The van der Waals surface area contributed by atoms with Crippen molar-refractivity contribution < 1.29 is 4.79 Å². The Kier molecular flexibility index (Phi) is 7.67. The third-order valence-electron chi connectivity index (χ3n) is 5.38. The van der Waals surface area contributed by atoms with Crippen molar-refractivity contribution in [2.24, 2.45) is 5.92 Å². The van der Waals surface area contributed by atoms with E-state index in [9.17, 15) is 4.79 Å². The number of rotatable bonds is 7. The second-order valence-electron chi connectivity index (χ2n) is 9.96. The van der Waals surface area contributed by atoms with Crippen molar-refractivity contribution in [3.8, 4) is 5.69 Å². The highest BCUT2D eigenvalue weighted by Gasteiger charge is 2.28. The topological polar surface area (TPSA) is 53.4 Å². The lowest BCUT2D eigenvalue weighted by molar-refractivity contribution is 0.177. The Morgan fingerprint density at radius 2 is 2.06 bits per heavy atom. The van der Waals surface area contributed by atoms with Gasteiger partial charge < -0.3 is 10.2 Å². The summed E-state index contributed by atoms with van der Waals surface area (Å²) in [6.45, 7) is 17.8. The Morgan fingerprint density at radius 3 is 2.69 bits per heavy atom. The number of urea groups is 1. The maximum atomic E-state index is 13.1. The molecule has 3 rings (SSSR count). The first-order chi connectivity index (χ1) is 15.1. The lowest BCUT2D eigenvalue weighted by Crippen LogP contribution is -2.49. The van der Waals surface area contributed by atoms with Crippen LogP contribution in [0.15, 0.2) is 36.9 Å². The Labute approximate surface area is 197 Å². The molecule has 1 aliphatic heterocycles. The van der Waals surface area contributed by atoms with Crippen molar-refractivity contribution in [2.45, 2.75) is 59.7 Å². The SMILES string of the molecule is C=CCN1CCc2c(c(CN(CC(C)C)C(=O)NC(C)(C)C)nn2-c2ccccc2Cl)C1. The molecule has 0 radical (unpaired) electrons. The number of amides is 2. The number of halogens is 1. The van der Waals surface area contributed by atoms with Gasteiger partial charge in [-0.05, 0) is 38.8 Å². The molecule has 7 heteroatoms. The Balaban J connectivity index is 2.01. The molecule has 2 heterocycles. The molecule has 0 unspecified atom stereocenters. The Morgan fingerprint density at radius 1 is 1.34 bits per heavy atom. The van der Waals surface area contributed by atoms with Gasteiger partial charge in [-0.1, -0.05) is 43.7 Å². The molecule has 0 fully saturated rings. The average Bonchev–Trinajstić information content (AvgIpc) is 3.04. The molecule has 0 spiro atoms. The minimum Gasteiger partial charge on any atom is -0.333 e. The second-order valence-corrected chi connectivity index (χ2v) is 10.4. The van der Waals surface area contributed by atoms with Crippen LogP contribution < -0.4 is 5.32 Å². The number of benzene rings is 1. The van der Waals surface area contributed by atoms with Crippen LogP contribution in [0.3, 0.4) is 0 Å². The third-order valence-corrected chi connectivity index (χ3v) is 5.70. The number of nitrogens with one attached hydrogen (secondary N) is 1. The van der Waals surface area contributed by atoms with E-state index in [0.717, 1.165) is 37.4 Å². The van der Waals surface area contributed by atoms with Gasteiger partial charge in [0.25, 0.3) is 0 Å². The molecular weight excluding hydrogens is 422 g/mol. The standard InChI is InChI=1S/C25H36ClN5O/c1-7-13-29-14-12-22-19(16-29)21(28-31(22)23-11-9-8-10-20(23)26)17-30(15-18(2)3)24(32)27-25(4,5)6/h7-11,18H,1,12-17H2,2-6H3,(H,27,32). The lowest BCUT2D eigenvalue weighted by Gasteiger charge is -2.30. The van der Waals surface area contributed by atoms with E-state index in [1.807, 2.05) is 60.7 Å². The first kappa shape index (κ1) is 24.3. The number of aromatic nitrogens is 2. The van der Waals surface area contributed by atoms with E-state index in [0.29, 0.717) is 24.0 Å². The van der Waals surface area contributed by atoms with Crippen LogP contribution in [0.2, 0.25) is 5.02 Å². The number of carbonyl (C=O) groups is 1. The van der Waals surface area contributed by atoms with E-state index >= 15 is 0 Å². The zero-order chi connectivity index (χ0) is 23.5. The smallest absolute Gasteiger partial charge is 0.318 e. The summed E-state index contributed by atoms with van der Waals surface area (Å²) in [7, 11) is 0. The fourth-order valence-corrected chi connectivity index (χ4v) is 4.29. The number of hydrogen-bond acceptors (Lipinski definition) is 3. The van der Waals surface area contributed by atoms with Crippen LogP contribution in [0.1, 0.15) is 51.6 Å². The van der Waals surface area contributed by atoms with Crippen molar-refractivity contribution in [1.29, 1.82) is 0 Å². The lowest BCUT2D eigenvalue weighted by atomic mass is 10.0. The predicted octanol–water partition coefficient (Wildman–Crippen LogP) is 5.04. The first-order valence-electron chi connectivity index (χ1n) is 11.3. The molecule has 0 aliphatic carbocycles. The quantitative estimate of drug-likeness (QED) is 0.593. The van der Waals surface area contributed by atoms with E-state index in [1.165, 1.54) is 11.3 Å². The first-order valence-corrected chi connectivity index (χ1v) is 11.7. The zero-order valence-corrected chi connectivity index (χ0v) is 20.7. The molecule has 0 atom stereocenters. The molecule has 174 valence electrons. The maximum Gasteiger partial charge on any atom is 0.318 e. The van der Waals surface area contributed by atoms with Gasteiger partial charge in [0, 0.05) is 43.7 Å². The Bertz CT molecular complexity index is 960. The highest BCUT2D eigenvalue weighted by Crippen LogP contribution is 2.29. The normalized spacial score (nSPS) is 14.3. The van der Waals surface area contributed by atoms with E-state index in [1.54, 1.807) is 0 Å². The van der Waals surface area contributed by atoms with Gasteiger partial charge in [0.2, 0.25) is 0 Å². The molecule has 6 nitrogen and oxygen atoms in total. The molecule has 0 saturated carbocycles. The molecule has 1 N–H and O–H groups in total. The predicted molar refractivity (Wildman–Crippen MR) is 131 cm³/mol. The fourth-order valence-electron chi connectivity index (χ4n) is 4.07. The summed E-state index contributed by atoms with van der Waals surface area (Å²) in [5.41, 5.74) is 3.87. The summed E-state index contributed by atoms with van der Waals surface area (Å²) < 4.78 is 1.98. The van der Waals surface area contributed by atoms with E-state index in [2.05, 4.69) is 30.6 Å². The van der Waals surface area contributed by atoms with Crippen molar-refractivity contribution in [2.75, 3.05) is 19.6 Å². The van der Waals surface area contributed by atoms with Crippen molar-refractivity contribution in [3.05, 3.63) is 58.9 Å². The van der Waals surface area contributed by atoms with Gasteiger partial charge in [0.05, 0.1) is 28.6 Å². The number of para-hydroxylation sites is 1. The van der Waals surface area contributed by atoms with Gasteiger partial charge in [-0.3, -0.25) is 4.90 Å². The second kappa shape index (κ2) is 10.1. The van der Waals surface area contributed by atoms with Crippen LogP contribution in [-0.2, 0) is 19.5 Å². The summed E-state index contributed by atoms with van der Waals surface area (Å²) in [6.07, 6.45) is 2.81. The zero-order valence-electron chi connectivity index (χ0n) is 20.0. The molecule has 0 bridgehead atoms. The van der Waals surface area contributed by atoms with Crippen LogP contribution >= 0.6 is 11.6 Å². The molecule has 0 saturated heterocycles. The average molecular weight is 458 g/mol. The minimum absolute atomic E-state index is 0.0639. The molecule has 1 aliphatic rings. The van der Waals surface area contributed by atoms with Crippen molar-refractivity contribution in [1.82, 2.24) is 24.9 Å². The van der Waals surface area contributed by atoms with Gasteiger partial charge >= 0.3 is 6.03 Å². The fraction of sp³-hybridized carbons (Fsp3) is 0.520. The van der Waals surface area contributed by atoms with E-state index in [-0.39, 0.29) is 11.6 Å². The summed E-state index contributed by atoms with van der Waals surface area (Å²) in [5.74, 6) is 0.347. The maximum absolute atomic E-state index is 13.1. The van der Waals surface area contributed by atoms with Crippen LogP contribution in [0.5, 0.6) is 0 Å². The monoisotopic (exact) mass is 457 g/mol. The number of nitrogens with zero attached hydrogens (tertiary/aromatic N) is 4. The van der Waals surface area contributed by atoms with Crippen LogP contribution in [-0.4, -0.2) is 50.8 Å². The van der Waals surface area contributed by atoms with Crippen molar-refractivity contribution in [3.63, 3.8) is 0 Å². The van der Waals surface area contributed by atoms with Gasteiger partial charge in [-0.25, -0.2) is 9.48 Å². The highest BCUT2D eigenvalue weighted by atomic mass is 35.5. The minimum atomic E-state index is -0.302. The summed E-state index contributed by atoms with van der Waals surface area (Å²) >= 11 is 6.53. The highest BCUT2D eigenvalue weighted by molar-refractivity contribution is 6.32. The third kappa shape index (κ3) is 5.93. The molecule has 1 aromatic carbocycles. The van der Waals surface area contributed by atoms with Crippen molar-refractivity contribution >= 4 is 17.6 Å². The van der Waals surface area contributed by atoms with Gasteiger partial charge in [0.1, 0.15) is 0 Å². The van der Waals surface area contributed by atoms with Gasteiger partial charge in [0.15, 0.2) is 0 Å². The summed E-state index contributed by atoms with van der Waals surface area (Å²) in [5, 5.41) is 8.78. The number of fused-ring (bicyclic) bond motifs is 1. The van der Waals surface area contributed by atoms with E-state index in [4.69, 9.17) is 16.7 Å². The Hall–Kier alpha value is -2.31. The van der Waals surface area contributed by atoms with Gasteiger partial charge in [-0.15, -0.1) is 6.58 Å². The van der Waals surface area contributed by atoms with E-state index < -0.39 is 0 Å². The van der Waals surface area contributed by atoms with Crippen LogP contribution in [0, 0.1) is 5.92 Å². The van der Waals surface area contributed by atoms with Gasteiger partial charge in [-0.2, -0.15) is 5.10 Å². The molecule has 2 aromatic rings. The summed E-state index contributed by atoms with van der Waals surface area (Å²) in [4.78, 5) is 17.3.